The molecule has 0 spiro atoms. The Labute approximate surface area is 146 Å². The van der Waals surface area contributed by atoms with Crippen molar-refractivity contribution in [3.63, 3.8) is 0 Å². The molecule has 1 aromatic carbocycles. The fraction of sp³-hybridized carbons (Fsp3) is 0.133. The number of halogens is 2. The summed E-state index contributed by atoms with van der Waals surface area (Å²) in [7, 11) is 0. The van der Waals surface area contributed by atoms with Crippen molar-refractivity contribution in [2.75, 3.05) is 11.9 Å². The number of aromatic nitrogens is 1. The molecular weight excluding hydrogens is 359 g/mol. The van der Waals surface area contributed by atoms with E-state index in [0.29, 0.717) is 10.7 Å². The molecule has 2 aromatic rings. The number of aromatic hydroxyl groups is 2. The zero-order valence-corrected chi connectivity index (χ0v) is 13.9. The van der Waals surface area contributed by atoms with Gasteiger partial charge in [-0.25, -0.2) is 9.78 Å². The van der Waals surface area contributed by atoms with Gasteiger partial charge in [0.2, 0.25) is 0 Å². The number of esters is 1. The Morgan fingerprint density at radius 1 is 1.21 bits per heavy atom. The van der Waals surface area contributed by atoms with Gasteiger partial charge in [0.15, 0.2) is 12.4 Å². The number of carbonyl (C=O) groups is 2. The number of anilines is 1. The summed E-state index contributed by atoms with van der Waals surface area (Å²) in [6.45, 7) is 1.03. The molecule has 0 saturated heterocycles. The van der Waals surface area contributed by atoms with Gasteiger partial charge in [-0.1, -0.05) is 23.2 Å². The van der Waals surface area contributed by atoms with Crippen LogP contribution < -0.4 is 5.32 Å². The molecule has 24 heavy (non-hydrogen) atoms. The van der Waals surface area contributed by atoms with Crippen LogP contribution in [-0.2, 0) is 9.53 Å². The Kier molecular flexibility index (Phi) is 5.48. The summed E-state index contributed by atoms with van der Waals surface area (Å²) < 4.78 is 4.79. The normalized spacial score (nSPS) is 10.3. The minimum atomic E-state index is -0.922. The smallest absolute Gasteiger partial charge is 0.342 e. The second-order valence-electron chi connectivity index (χ2n) is 4.71. The van der Waals surface area contributed by atoms with Gasteiger partial charge in [0.25, 0.3) is 5.91 Å². The van der Waals surface area contributed by atoms with E-state index in [-0.39, 0.29) is 22.2 Å². The van der Waals surface area contributed by atoms with Gasteiger partial charge in [0.05, 0.1) is 15.7 Å². The van der Waals surface area contributed by atoms with Crippen molar-refractivity contribution in [1.29, 1.82) is 0 Å². The molecule has 1 amide bonds. The number of rotatable bonds is 4. The highest BCUT2D eigenvalue weighted by Gasteiger charge is 2.16. The molecule has 3 N–H and O–H groups in total. The lowest BCUT2D eigenvalue weighted by Crippen LogP contribution is -2.21. The topological polar surface area (TPSA) is 109 Å². The maximum Gasteiger partial charge on any atom is 0.342 e. The van der Waals surface area contributed by atoms with Crippen molar-refractivity contribution in [2.24, 2.45) is 0 Å². The fourth-order valence-electron chi connectivity index (χ4n) is 1.72. The summed E-state index contributed by atoms with van der Waals surface area (Å²) in [5.74, 6) is -2.17. The number of phenolic OH excluding ortho intramolecular Hbond substituents is 2. The zero-order chi connectivity index (χ0) is 17.9. The number of hydrogen-bond acceptors (Lipinski definition) is 6. The molecule has 0 fully saturated rings. The van der Waals surface area contributed by atoms with E-state index in [1.165, 1.54) is 18.2 Å². The van der Waals surface area contributed by atoms with Crippen LogP contribution >= 0.6 is 23.2 Å². The number of amides is 1. The largest absolute Gasteiger partial charge is 0.508 e. The van der Waals surface area contributed by atoms with E-state index in [1.54, 1.807) is 6.92 Å². The van der Waals surface area contributed by atoms with Crippen molar-refractivity contribution < 1.29 is 24.5 Å². The predicted molar refractivity (Wildman–Crippen MR) is 87.7 cm³/mol. The molecule has 0 atom stereocenters. The molecule has 2 rings (SSSR count). The van der Waals surface area contributed by atoms with Crippen molar-refractivity contribution >= 4 is 40.9 Å². The number of benzene rings is 1. The molecule has 126 valence electrons. The number of ether oxygens (including phenoxy) is 1. The average molecular weight is 371 g/mol. The van der Waals surface area contributed by atoms with Crippen molar-refractivity contribution in [3.05, 3.63) is 45.6 Å². The molecule has 1 heterocycles. The molecule has 0 radical (unpaired) electrons. The standard InChI is InChI=1S/C15H12Cl2N2O5/c1-7-10(16)5-11(17)14(18-7)19-13(22)6-24-15(23)9-3-2-8(20)4-12(9)21/h2-5,20-21H,6H2,1H3,(H,18,19,22). The molecule has 1 aromatic heterocycles. The van der Waals surface area contributed by atoms with Crippen LogP contribution in [0, 0.1) is 6.92 Å². The van der Waals surface area contributed by atoms with E-state index in [2.05, 4.69) is 10.3 Å². The van der Waals surface area contributed by atoms with Crippen LogP contribution in [0.15, 0.2) is 24.3 Å². The third-order valence-corrected chi connectivity index (χ3v) is 3.57. The Bertz CT molecular complexity index is 811. The first-order valence-corrected chi connectivity index (χ1v) is 7.35. The molecule has 0 bridgehead atoms. The lowest BCUT2D eigenvalue weighted by atomic mass is 10.2. The number of pyridine rings is 1. The van der Waals surface area contributed by atoms with Crippen LogP contribution in [0.1, 0.15) is 16.1 Å². The summed E-state index contributed by atoms with van der Waals surface area (Å²) in [6, 6.07) is 4.79. The second kappa shape index (κ2) is 7.37. The van der Waals surface area contributed by atoms with Gasteiger partial charge in [-0.15, -0.1) is 0 Å². The van der Waals surface area contributed by atoms with E-state index < -0.39 is 24.2 Å². The maximum absolute atomic E-state index is 11.8. The van der Waals surface area contributed by atoms with Crippen LogP contribution in [0.2, 0.25) is 10.0 Å². The summed E-state index contributed by atoms with van der Waals surface area (Å²) in [4.78, 5) is 27.6. The fourth-order valence-corrected chi connectivity index (χ4v) is 2.12. The summed E-state index contributed by atoms with van der Waals surface area (Å²) in [5, 5.41) is 21.6. The molecule has 0 aliphatic carbocycles. The lowest BCUT2D eigenvalue weighted by molar-refractivity contribution is -0.119. The molecule has 0 aliphatic rings. The highest BCUT2D eigenvalue weighted by Crippen LogP contribution is 2.26. The lowest BCUT2D eigenvalue weighted by Gasteiger charge is -2.09. The van der Waals surface area contributed by atoms with Gasteiger partial charge < -0.3 is 20.3 Å². The summed E-state index contributed by atoms with van der Waals surface area (Å²) in [6.07, 6.45) is 0. The minimum Gasteiger partial charge on any atom is -0.508 e. The van der Waals surface area contributed by atoms with Crippen LogP contribution in [0.5, 0.6) is 11.5 Å². The molecule has 7 nitrogen and oxygen atoms in total. The van der Waals surface area contributed by atoms with Crippen molar-refractivity contribution in [1.82, 2.24) is 4.98 Å². The third-order valence-electron chi connectivity index (χ3n) is 2.90. The SMILES string of the molecule is Cc1nc(NC(=O)COC(=O)c2ccc(O)cc2O)c(Cl)cc1Cl. The van der Waals surface area contributed by atoms with Crippen LogP contribution in [0.3, 0.4) is 0 Å². The molecule has 0 unspecified atom stereocenters. The summed E-state index contributed by atoms with van der Waals surface area (Å²) in [5.41, 5.74) is 0.293. The van der Waals surface area contributed by atoms with Crippen LogP contribution in [0.25, 0.3) is 0 Å². The van der Waals surface area contributed by atoms with E-state index in [9.17, 15) is 14.7 Å². The average Bonchev–Trinajstić information content (AvgIpc) is 2.50. The first-order valence-electron chi connectivity index (χ1n) is 6.59. The Balaban J connectivity index is 1.98. The summed E-state index contributed by atoms with van der Waals surface area (Å²) >= 11 is 11.8. The van der Waals surface area contributed by atoms with Crippen molar-refractivity contribution in [2.45, 2.75) is 6.92 Å². The number of aryl methyl sites for hydroxylation is 1. The zero-order valence-electron chi connectivity index (χ0n) is 12.3. The van der Waals surface area contributed by atoms with Gasteiger partial charge in [0, 0.05) is 6.07 Å². The van der Waals surface area contributed by atoms with Crippen LogP contribution in [-0.4, -0.2) is 33.7 Å². The van der Waals surface area contributed by atoms with Crippen LogP contribution in [0.4, 0.5) is 5.82 Å². The van der Waals surface area contributed by atoms with E-state index in [4.69, 9.17) is 33.0 Å². The maximum atomic E-state index is 11.8. The monoisotopic (exact) mass is 370 g/mol. The van der Waals surface area contributed by atoms with E-state index in [1.807, 2.05) is 0 Å². The number of phenols is 2. The van der Waals surface area contributed by atoms with Crippen molar-refractivity contribution in [3.8, 4) is 11.5 Å². The van der Waals surface area contributed by atoms with Gasteiger partial charge in [0.1, 0.15) is 17.1 Å². The Morgan fingerprint density at radius 3 is 2.58 bits per heavy atom. The number of hydrogen-bond donors (Lipinski definition) is 3. The van der Waals surface area contributed by atoms with E-state index >= 15 is 0 Å². The third kappa shape index (κ3) is 4.27. The highest BCUT2D eigenvalue weighted by molar-refractivity contribution is 6.36. The molecular formula is C15H12Cl2N2O5. The predicted octanol–water partition coefficient (Wildman–Crippen LogP) is 2.90. The number of nitrogens with zero attached hydrogens (tertiary/aromatic N) is 1. The first kappa shape index (κ1) is 17.8. The molecule has 0 aliphatic heterocycles. The second-order valence-corrected chi connectivity index (χ2v) is 5.53. The molecule has 0 saturated carbocycles. The van der Waals surface area contributed by atoms with Gasteiger partial charge in [-0.05, 0) is 25.1 Å². The highest BCUT2D eigenvalue weighted by atomic mass is 35.5. The van der Waals surface area contributed by atoms with Gasteiger partial charge in [-0.3, -0.25) is 4.79 Å². The first-order chi connectivity index (χ1) is 11.3. The molecule has 9 heteroatoms. The van der Waals surface area contributed by atoms with Gasteiger partial charge >= 0.3 is 5.97 Å². The number of nitrogens with one attached hydrogen (secondary N) is 1. The quantitative estimate of drug-likeness (QED) is 0.713. The minimum absolute atomic E-state index is 0.0899. The number of carbonyl (C=O) groups excluding carboxylic acids is 2. The van der Waals surface area contributed by atoms with Gasteiger partial charge in [-0.2, -0.15) is 0 Å². The Morgan fingerprint density at radius 2 is 1.92 bits per heavy atom. The van der Waals surface area contributed by atoms with E-state index in [0.717, 1.165) is 6.07 Å². The Hall–Kier alpha value is -2.51.